The molecule has 2 heterocycles. The van der Waals surface area contributed by atoms with E-state index in [0.29, 0.717) is 0 Å². The van der Waals surface area contributed by atoms with Gasteiger partial charge in [-0.3, -0.25) is 0 Å². The molecule has 2 nitrogen and oxygen atoms in total. The molecule has 0 unspecified atom stereocenters. The van der Waals surface area contributed by atoms with E-state index in [4.69, 9.17) is 11.6 Å². The van der Waals surface area contributed by atoms with E-state index in [9.17, 15) is 0 Å². The van der Waals surface area contributed by atoms with E-state index in [0.717, 1.165) is 23.6 Å². The molecular formula is C24H20ClN2+. The molecule has 0 aliphatic carbocycles. The first-order chi connectivity index (χ1) is 13.2. The molecule has 132 valence electrons. The molecule has 1 aliphatic rings. The predicted molar refractivity (Wildman–Crippen MR) is 110 cm³/mol. The number of halogens is 1. The summed E-state index contributed by atoms with van der Waals surface area (Å²) in [6.45, 7) is 2.12. The Morgan fingerprint density at radius 1 is 0.852 bits per heavy atom. The van der Waals surface area contributed by atoms with Crippen molar-refractivity contribution >= 4 is 11.6 Å². The first kappa shape index (κ1) is 16.3. The fourth-order valence-electron chi connectivity index (χ4n) is 3.95. The van der Waals surface area contributed by atoms with Gasteiger partial charge in [0.25, 0.3) is 5.82 Å². The van der Waals surface area contributed by atoms with Crippen molar-refractivity contribution in [1.29, 1.82) is 0 Å². The minimum atomic E-state index is 0.759. The molecule has 0 radical (unpaired) electrons. The van der Waals surface area contributed by atoms with Crippen LogP contribution in [0.1, 0.15) is 17.0 Å². The number of benzene rings is 3. The first-order valence-electron chi connectivity index (χ1n) is 9.28. The highest BCUT2D eigenvalue weighted by atomic mass is 35.5. The van der Waals surface area contributed by atoms with Crippen molar-refractivity contribution in [2.24, 2.45) is 0 Å². The highest BCUT2D eigenvalue weighted by Crippen LogP contribution is 2.29. The summed E-state index contributed by atoms with van der Waals surface area (Å²) in [7, 11) is 0. The molecule has 3 heteroatoms. The van der Waals surface area contributed by atoms with Gasteiger partial charge < -0.3 is 0 Å². The van der Waals surface area contributed by atoms with Crippen LogP contribution in [0.25, 0.3) is 22.6 Å². The molecule has 1 aliphatic heterocycles. The number of rotatable bonds is 2. The second kappa shape index (κ2) is 6.40. The van der Waals surface area contributed by atoms with E-state index in [1.165, 1.54) is 33.9 Å². The number of hydrogen-bond donors (Lipinski definition) is 0. The van der Waals surface area contributed by atoms with E-state index >= 15 is 0 Å². The molecule has 27 heavy (non-hydrogen) atoms. The fourth-order valence-corrected chi connectivity index (χ4v) is 4.08. The van der Waals surface area contributed by atoms with Crippen molar-refractivity contribution in [3.05, 3.63) is 101 Å². The average molecular weight is 372 g/mol. The Hall–Kier alpha value is -2.84. The van der Waals surface area contributed by atoms with Gasteiger partial charge in [0.1, 0.15) is 17.6 Å². The molecule has 1 aromatic heterocycles. The largest absolute Gasteiger partial charge is 0.267 e. The van der Waals surface area contributed by atoms with Crippen LogP contribution < -0.4 is 4.57 Å². The maximum atomic E-state index is 6.14. The van der Waals surface area contributed by atoms with E-state index < -0.39 is 0 Å². The smallest absolute Gasteiger partial charge is 0.198 e. The van der Waals surface area contributed by atoms with Crippen molar-refractivity contribution in [3.63, 3.8) is 0 Å². The number of aromatic nitrogens is 2. The lowest BCUT2D eigenvalue weighted by atomic mass is 10.0. The van der Waals surface area contributed by atoms with Crippen LogP contribution in [0.2, 0.25) is 5.02 Å². The molecular weight excluding hydrogens is 352 g/mol. The zero-order valence-electron chi connectivity index (χ0n) is 15.2. The van der Waals surface area contributed by atoms with Gasteiger partial charge in [0.05, 0.1) is 6.42 Å². The average Bonchev–Trinajstić information content (AvgIpc) is 3.09. The number of fused-ring (bicyclic) bond motifs is 3. The highest BCUT2D eigenvalue weighted by Gasteiger charge is 2.31. The van der Waals surface area contributed by atoms with Gasteiger partial charge in [-0.25, -0.2) is 0 Å². The number of nitrogens with zero attached hydrogens (tertiary/aromatic N) is 2. The van der Waals surface area contributed by atoms with Crippen LogP contribution in [0, 0.1) is 6.92 Å². The lowest BCUT2D eigenvalue weighted by molar-refractivity contribution is -0.606. The van der Waals surface area contributed by atoms with Crippen LogP contribution >= 0.6 is 11.6 Å². The molecule has 0 saturated carbocycles. The zero-order chi connectivity index (χ0) is 18.4. The Morgan fingerprint density at radius 3 is 2.37 bits per heavy atom. The van der Waals surface area contributed by atoms with Crippen LogP contribution in [-0.2, 0) is 12.8 Å². The molecule has 0 bridgehead atoms. The summed E-state index contributed by atoms with van der Waals surface area (Å²) in [5.74, 6) is 1.30. The van der Waals surface area contributed by atoms with Crippen LogP contribution in [0.4, 0.5) is 0 Å². The summed E-state index contributed by atoms with van der Waals surface area (Å²) < 4.78 is 4.72. The third-order valence-electron chi connectivity index (χ3n) is 5.33. The van der Waals surface area contributed by atoms with E-state index in [2.05, 4.69) is 82.9 Å². The zero-order valence-corrected chi connectivity index (χ0v) is 15.9. The van der Waals surface area contributed by atoms with Crippen molar-refractivity contribution in [2.75, 3.05) is 0 Å². The third kappa shape index (κ3) is 2.77. The Labute approximate surface area is 164 Å². The highest BCUT2D eigenvalue weighted by molar-refractivity contribution is 6.30. The minimum Gasteiger partial charge on any atom is -0.198 e. The van der Waals surface area contributed by atoms with Crippen LogP contribution in [0.5, 0.6) is 0 Å². The Bertz CT molecular complexity index is 1120. The lowest BCUT2D eigenvalue weighted by Crippen LogP contribution is -2.39. The van der Waals surface area contributed by atoms with Crippen molar-refractivity contribution in [2.45, 2.75) is 19.8 Å². The molecule has 0 amide bonds. The number of aryl methyl sites for hydroxylation is 2. The van der Waals surface area contributed by atoms with Crippen molar-refractivity contribution < 1.29 is 4.57 Å². The van der Waals surface area contributed by atoms with E-state index in [1.807, 2.05) is 12.1 Å². The monoisotopic (exact) mass is 371 g/mol. The molecule has 0 spiro atoms. The molecule has 0 fully saturated rings. The predicted octanol–water partition coefficient (Wildman–Crippen LogP) is 5.48. The maximum absolute atomic E-state index is 6.14. The second-order valence-electron chi connectivity index (χ2n) is 7.11. The summed E-state index contributed by atoms with van der Waals surface area (Å²) in [5.41, 5.74) is 7.51. The van der Waals surface area contributed by atoms with Crippen LogP contribution in [-0.4, -0.2) is 4.57 Å². The Kier molecular flexibility index (Phi) is 3.87. The van der Waals surface area contributed by atoms with Gasteiger partial charge in [-0.1, -0.05) is 59.6 Å². The number of hydrogen-bond acceptors (Lipinski definition) is 0. The Morgan fingerprint density at radius 2 is 1.59 bits per heavy atom. The van der Waals surface area contributed by atoms with Gasteiger partial charge in [0, 0.05) is 10.6 Å². The van der Waals surface area contributed by atoms with Crippen molar-refractivity contribution in [1.82, 2.24) is 4.57 Å². The van der Waals surface area contributed by atoms with Gasteiger partial charge in [0.2, 0.25) is 0 Å². The Balaban J connectivity index is 1.79. The number of para-hydroxylation sites is 1. The molecule has 5 rings (SSSR count). The SMILES string of the molecule is Cc1ccc(-c2c[n+]3c(n2-c2ccc(Cl)cc2)CCc2ccccc2-3)cc1. The van der Waals surface area contributed by atoms with Crippen LogP contribution in [0.15, 0.2) is 79.0 Å². The van der Waals surface area contributed by atoms with E-state index in [1.54, 1.807) is 0 Å². The maximum Gasteiger partial charge on any atom is 0.267 e. The molecule has 3 aromatic carbocycles. The second-order valence-corrected chi connectivity index (χ2v) is 7.54. The summed E-state index contributed by atoms with van der Waals surface area (Å²) in [6.07, 6.45) is 4.33. The summed E-state index contributed by atoms with van der Waals surface area (Å²) in [5, 5.41) is 0.759. The molecule has 0 saturated heterocycles. The molecule has 4 aromatic rings. The van der Waals surface area contributed by atoms with Gasteiger partial charge in [-0.05, 0) is 49.2 Å². The van der Waals surface area contributed by atoms with Gasteiger partial charge >= 0.3 is 0 Å². The summed E-state index contributed by atoms with van der Waals surface area (Å²) in [6, 6.07) is 25.6. The normalized spacial score (nSPS) is 12.5. The van der Waals surface area contributed by atoms with Crippen molar-refractivity contribution in [3.8, 4) is 22.6 Å². The first-order valence-corrected chi connectivity index (χ1v) is 9.66. The van der Waals surface area contributed by atoms with Gasteiger partial charge in [-0.15, -0.1) is 0 Å². The summed E-state index contributed by atoms with van der Waals surface area (Å²) >= 11 is 6.14. The molecule has 0 N–H and O–H groups in total. The molecule has 0 atom stereocenters. The summed E-state index contributed by atoms with van der Waals surface area (Å²) in [4.78, 5) is 0. The van der Waals surface area contributed by atoms with Gasteiger partial charge in [-0.2, -0.15) is 9.13 Å². The fraction of sp³-hybridized carbons (Fsp3) is 0.125. The third-order valence-corrected chi connectivity index (χ3v) is 5.58. The van der Waals surface area contributed by atoms with Crippen LogP contribution in [0.3, 0.4) is 0 Å². The van der Waals surface area contributed by atoms with Gasteiger partial charge in [0.15, 0.2) is 5.69 Å². The minimum absolute atomic E-state index is 0.759. The lowest BCUT2D eigenvalue weighted by Gasteiger charge is -2.14. The number of imidazole rings is 1. The standard InChI is InChI=1S/C24H20ClN2/c1-17-6-8-19(9-7-17)23-16-26-22-5-3-2-4-18(22)10-15-24(26)27(23)21-13-11-20(25)12-14-21/h2-9,11-14,16H,10,15H2,1H3/q+1. The quantitative estimate of drug-likeness (QED) is 0.412. The van der Waals surface area contributed by atoms with E-state index in [-0.39, 0.29) is 0 Å². The topological polar surface area (TPSA) is 8.81 Å².